The third-order valence-electron chi connectivity index (χ3n) is 3.71. The van der Waals surface area contributed by atoms with Crippen molar-refractivity contribution in [1.29, 1.82) is 0 Å². The van der Waals surface area contributed by atoms with E-state index in [1.165, 1.54) is 33.7 Å². The second-order valence-electron chi connectivity index (χ2n) is 6.31. The van der Waals surface area contributed by atoms with E-state index in [9.17, 15) is 18.0 Å². The van der Waals surface area contributed by atoms with Gasteiger partial charge in [-0.15, -0.1) is 10.2 Å². The molecule has 12 heteroatoms. The molecule has 0 spiro atoms. The highest BCUT2D eigenvalue weighted by molar-refractivity contribution is 8.01. The molecule has 0 saturated carbocycles. The number of carbonyl (C=O) groups is 2. The molecule has 0 aliphatic carbocycles. The van der Waals surface area contributed by atoms with Crippen LogP contribution in [0.15, 0.2) is 4.34 Å². The Morgan fingerprint density at radius 3 is 2.54 bits per heavy atom. The van der Waals surface area contributed by atoms with Crippen LogP contribution in [0.5, 0.6) is 0 Å². The molecule has 0 radical (unpaired) electrons. The SMILES string of the molecule is CC(C)NC(=O)CSc1nnc(NC(=O)C2CCN(S(C)(=O)=O)CC2)s1. The lowest BCUT2D eigenvalue weighted by Crippen LogP contribution is -2.40. The smallest absolute Gasteiger partial charge is 0.230 e. The Morgan fingerprint density at radius 1 is 1.31 bits per heavy atom. The lowest BCUT2D eigenvalue weighted by atomic mass is 9.97. The third-order valence-corrected chi connectivity index (χ3v) is 6.98. The Kier molecular flexibility index (Phi) is 7.38. The van der Waals surface area contributed by atoms with Crippen LogP contribution < -0.4 is 10.6 Å². The van der Waals surface area contributed by atoms with Crippen LogP contribution in [0, 0.1) is 5.92 Å². The Morgan fingerprint density at radius 2 is 1.96 bits per heavy atom. The average Bonchev–Trinajstić information content (AvgIpc) is 2.99. The fourth-order valence-corrected chi connectivity index (χ4v) is 4.91. The summed E-state index contributed by atoms with van der Waals surface area (Å²) in [5, 5.41) is 13.8. The normalized spacial score (nSPS) is 16.6. The van der Waals surface area contributed by atoms with E-state index in [1.807, 2.05) is 13.8 Å². The third kappa shape index (κ3) is 6.49. The van der Waals surface area contributed by atoms with Crippen LogP contribution in [-0.4, -0.2) is 65.9 Å². The van der Waals surface area contributed by atoms with Crippen LogP contribution >= 0.6 is 23.1 Å². The molecule has 2 rings (SSSR count). The van der Waals surface area contributed by atoms with E-state index in [4.69, 9.17) is 0 Å². The molecule has 2 amide bonds. The van der Waals surface area contributed by atoms with Crippen molar-refractivity contribution in [1.82, 2.24) is 19.8 Å². The van der Waals surface area contributed by atoms with Gasteiger partial charge in [-0.3, -0.25) is 9.59 Å². The lowest BCUT2D eigenvalue weighted by Gasteiger charge is -2.29. The summed E-state index contributed by atoms with van der Waals surface area (Å²) >= 11 is 2.48. The molecule has 1 aliphatic heterocycles. The van der Waals surface area contributed by atoms with Crippen LogP contribution in [0.2, 0.25) is 0 Å². The summed E-state index contributed by atoms with van der Waals surface area (Å²) in [6.07, 6.45) is 2.14. The van der Waals surface area contributed by atoms with E-state index in [0.29, 0.717) is 35.4 Å². The van der Waals surface area contributed by atoms with E-state index in [0.717, 1.165) is 0 Å². The molecule has 146 valence electrons. The first-order chi connectivity index (χ1) is 12.1. The predicted molar refractivity (Wildman–Crippen MR) is 102 cm³/mol. The van der Waals surface area contributed by atoms with Crippen molar-refractivity contribution in [2.24, 2.45) is 5.92 Å². The summed E-state index contributed by atoms with van der Waals surface area (Å²) in [6.45, 7) is 4.47. The second kappa shape index (κ2) is 9.11. The molecule has 0 unspecified atom stereocenters. The summed E-state index contributed by atoms with van der Waals surface area (Å²) in [5.41, 5.74) is 0. The van der Waals surface area contributed by atoms with Crippen LogP contribution in [0.4, 0.5) is 5.13 Å². The maximum Gasteiger partial charge on any atom is 0.230 e. The number of carbonyl (C=O) groups excluding carboxylic acids is 2. The van der Waals surface area contributed by atoms with Crippen LogP contribution in [0.1, 0.15) is 26.7 Å². The summed E-state index contributed by atoms with van der Waals surface area (Å²) < 4.78 is 25.0. The van der Waals surface area contributed by atoms with Crippen molar-refractivity contribution in [2.45, 2.75) is 37.1 Å². The van der Waals surface area contributed by atoms with E-state index in [1.54, 1.807) is 0 Å². The molecule has 1 aromatic rings. The van der Waals surface area contributed by atoms with E-state index >= 15 is 0 Å². The molecule has 1 aliphatic rings. The number of thioether (sulfide) groups is 1. The molecule has 0 aromatic carbocycles. The maximum absolute atomic E-state index is 12.3. The van der Waals surface area contributed by atoms with E-state index in [2.05, 4.69) is 20.8 Å². The van der Waals surface area contributed by atoms with E-state index in [-0.39, 0.29) is 29.5 Å². The van der Waals surface area contributed by atoms with Crippen molar-refractivity contribution in [3.8, 4) is 0 Å². The Hall–Kier alpha value is -1.24. The van der Waals surface area contributed by atoms with Crippen molar-refractivity contribution in [3.05, 3.63) is 0 Å². The van der Waals surface area contributed by atoms with Gasteiger partial charge in [0, 0.05) is 25.0 Å². The highest BCUT2D eigenvalue weighted by atomic mass is 32.2. The number of piperidine rings is 1. The zero-order valence-electron chi connectivity index (χ0n) is 14.9. The summed E-state index contributed by atoms with van der Waals surface area (Å²) in [4.78, 5) is 23.9. The minimum absolute atomic E-state index is 0.0802. The number of anilines is 1. The summed E-state index contributed by atoms with van der Waals surface area (Å²) in [7, 11) is -3.21. The van der Waals surface area contributed by atoms with Gasteiger partial charge in [-0.05, 0) is 26.7 Å². The number of nitrogens with one attached hydrogen (secondary N) is 2. The molecule has 0 bridgehead atoms. The fraction of sp³-hybridized carbons (Fsp3) is 0.714. The molecule has 2 heterocycles. The predicted octanol–water partition coefficient (Wildman–Crippen LogP) is 0.765. The second-order valence-corrected chi connectivity index (χ2v) is 10.5. The van der Waals surface area contributed by atoms with Crippen LogP contribution in [0.25, 0.3) is 0 Å². The van der Waals surface area contributed by atoms with Crippen molar-refractivity contribution in [2.75, 3.05) is 30.4 Å². The van der Waals surface area contributed by atoms with Gasteiger partial charge >= 0.3 is 0 Å². The van der Waals surface area contributed by atoms with Gasteiger partial charge in [0.1, 0.15) is 0 Å². The highest BCUT2D eigenvalue weighted by Gasteiger charge is 2.29. The number of rotatable bonds is 7. The first-order valence-electron chi connectivity index (χ1n) is 8.17. The monoisotopic (exact) mass is 421 g/mol. The van der Waals surface area contributed by atoms with E-state index < -0.39 is 10.0 Å². The number of aromatic nitrogens is 2. The van der Waals surface area contributed by atoms with Gasteiger partial charge in [0.15, 0.2) is 4.34 Å². The Labute approximate surface area is 161 Å². The molecule has 9 nitrogen and oxygen atoms in total. The number of hydrogen-bond donors (Lipinski definition) is 2. The molecular formula is C14H23N5O4S3. The topological polar surface area (TPSA) is 121 Å². The van der Waals surface area contributed by atoms with Crippen molar-refractivity contribution >= 4 is 50.1 Å². The van der Waals surface area contributed by atoms with Gasteiger partial charge in [0.05, 0.1) is 12.0 Å². The zero-order chi connectivity index (χ0) is 19.3. The number of sulfonamides is 1. The first-order valence-corrected chi connectivity index (χ1v) is 11.8. The minimum Gasteiger partial charge on any atom is -0.353 e. The molecular weight excluding hydrogens is 398 g/mol. The van der Waals surface area contributed by atoms with Gasteiger partial charge in [-0.25, -0.2) is 12.7 Å². The molecule has 26 heavy (non-hydrogen) atoms. The van der Waals surface area contributed by atoms with Gasteiger partial charge in [-0.1, -0.05) is 23.1 Å². The quantitative estimate of drug-likeness (QED) is 0.492. The number of hydrogen-bond acceptors (Lipinski definition) is 8. The number of amides is 2. The maximum atomic E-state index is 12.3. The fourth-order valence-electron chi connectivity index (χ4n) is 2.47. The molecule has 1 saturated heterocycles. The summed E-state index contributed by atoms with van der Waals surface area (Å²) in [6, 6.07) is 0.0847. The van der Waals surface area contributed by atoms with Gasteiger partial charge in [0.25, 0.3) is 0 Å². The molecule has 0 atom stereocenters. The molecule has 1 fully saturated rings. The zero-order valence-corrected chi connectivity index (χ0v) is 17.3. The lowest BCUT2D eigenvalue weighted by molar-refractivity contribution is -0.121. The average molecular weight is 422 g/mol. The highest BCUT2D eigenvalue weighted by Crippen LogP contribution is 2.27. The number of nitrogens with zero attached hydrogens (tertiary/aromatic N) is 3. The van der Waals surface area contributed by atoms with Crippen molar-refractivity contribution < 1.29 is 18.0 Å². The molecule has 1 aromatic heterocycles. The van der Waals surface area contributed by atoms with Crippen LogP contribution in [-0.2, 0) is 19.6 Å². The minimum atomic E-state index is -3.21. The largest absolute Gasteiger partial charge is 0.353 e. The van der Waals surface area contributed by atoms with Gasteiger partial charge < -0.3 is 10.6 Å². The Bertz CT molecular complexity index is 742. The summed E-state index contributed by atoms with van der Waals surface area (Å²) in [5.74, 6) is -0.262. The van der Waals surface area contributed by atoms with Crippen molar-refractivity contribution in [3.63, 3.8) is 0 Å². The first kappa shape index (κ1) is 21.1. The van der Waals surface area contributed by atoms with Gasteiger partial charge in [0.2, 0.25) is 27.0 Å². The standard InChI is InChI=1S/C14H23N5O4S3/c1-9(2)15-11(20)8-24-14-18-17-13(25-14)16-12(21)10-4-6-19(7-5-10)26(3,22)23/h9-10H,4-8H2,1-3H3,(H,15,20)(H,16,17,21). The molecule has 2 N–H and O–H groups in total. The Balaban J connectivity index is 1.80. The van der Waals surface area contributed by atoms with Gasteiger partial charge in [-0.2, -0.15) is 0 Å². The van der Waals surface area contributed by atoms with Crippen LogP contribution in [0.3, 0.4) is 0 Å².